The van der Waals surface area contributed by atoms with Gasteiger partial charge in [0.05, 0.1) is 0 Å². The van der Waals surface area contributed by atoms with E-state index in [1.165, 1.54) is 43.9 Å². The number of anilines is 1. The zero-order valence-corrected chi connectivity index (χ0v) is 10.9. The molecule has 2 aliphatic rings. The molecule has 3 rings (SSSR count). The van der Waals surface area contributed by atoms with Crippen molar-refractivity contribution in [2.45, 2.75) is 25.7 Å². The third kappa shape index (κ3) is 3.06. The second kappa shape index (κ2) is 4.83. The number of nitrogen functional groups attached to an aromatic ring is 1. The number of amides is 1. The van der Waals surface area contributed by atoms with E-state index in [1.54, 1.807) is 0 Å². The van der Waals surface area contributed by atoms with Crippen molar-refractivity contribution in [3.63, 3.8) is 0 Å². The Bertz CT molecular complexity index is 463. The second-order valence-electron chi connectivity index (χ2n) is 5.82. The lowest BCUT2D eigenvalue weighted by Crippen LogP contribution is -2.31. The molecule has 2 saturated carbocycles. The first-order valence-corrected chi connectivity index (χ1v) is 6.98. The van der Waals surface area contributed by atoms with Crippen LogP contribution in [0, 0.1) is 23.6 Å². The molecule has 0 radical (unpaired) electrons. The molecule has 4 heteroatoms. The van der Waals surface area contributed by atoms with Gasteiger partial charge < -0.3 is 11.1 Å². The van der Waals surface area contributed by atoms with Crippen molar-refractivity contribution >= 4 is 11.6 Å². The molecule has 3 nitrogen and oxygen atoms in total. The number of rotatable bonds is 5. The van der Waals surface area contributed by atoms with Gasteiger partial charge in [-0.15, -0.1) is 0 Å². The molecule has 0 atom stereocenters. The molecule has 1 aromatic rings. The van der Waals surface area contributed by atoms with Gasteiger partial charge in [-0.25, -0.2) is 4.39 Å². The Labute approximate surface area is 112 Å². The molecule has 1 aromatic carbocycles. The van der Waals surface area contributed by atoms with Gasteiger partial charge in [0.25, 0.3) is 5.91 Å². The van der Waals surface area contributed by atoms with Gasteiger partial charge in [-0.05, 0) is 61.6 Å². The SMILES string of the molecule is Nc1cc(F)cc(C(=O)NCC(C2CC2)C2CC2)c1. The Morgan fingerprint density at radius 2 is 1.89 bits per heavy atom. The smallest absolute Gasteiger partial charge is 0.251 e. The summed E-state index contributed by atoms with van der Waals surface area (Å²) in [4.78, 5) is 12.0. The predicted molar refractivity (Wildman–Crippen MR) is 72.1 cm³/mol. The number of hydrogen-bond donors (Lipinski definition) is 2. The van der Waals surface area contributed by atoms with Gasteiger partial charge in [-0.2, -0.15) is 0 Å². The van der Waals surface area contributed by atoms with Gasteiger partial charge in [0, 0.05) is 17.8 Å². The summed E-state index contributed by atoms with van der Waals surface area (Å²) in [5, 5.41) is 2.94. The van der Waals surface area contributed by atoms with E-state index in [4.69, 9.17) is 5.73 Å². The van der Waals surface area contributed by atoms with Crippen LogP contribution in [0.25, 0.3) is 0 Å². The molecule has 0 spiro atoms. The van der Waals surface area contributed by atoms with Crippen molar-refractivity contribution in [1.29, 1.82) is 0 Å². The van der Waals surface area contributed by atoms with Crippen LogP contribution in [0.15, 0.2) is 18.2 Å². The van der Waals surface area contributed by atoms with Gasteiger partial charge in [-0.1, -0.05) is 0 Å². The van der Waals surface area contributed by atoms with Crippen molar-refractivity contribution in [2.75, 3.05) is 12.3 Å². The van der Waals surface area contributed by atoms with E-state index in [-0.39, 0.29) is 11.6 Å². The number of benzene rings is 1. The van der Waals surface area contributed by atoms with Crippen LogP contribution in [-0.2, 0) is 0 Å². The number of carbonyl (C=O) groups is 1. The quantitative estimate of drug-likeness (QED) is 0.801. The van der Waals surface area contributed by atoms with Gasteiger partial charge >= 0.3 is 0 Å². The van der Waals surface area contributed by atoms with Crippen molar-refractivity contribution in [1.82, 2.24) is 5.32 Å². The lowest BCUT2D eigenvalue weighted by atomic mass is 9.98. The van der Waals surface area contributed by atoms with Gasteiger partial charge in [0.15, 0.2) is 0 Å². The topological polar surface area (TPSA) is 55.1 Å². The highest BCUT2D eigenvalue weighted by Crippen LogP contribution is 2.48. The normalized spacial score (nSPS) is 18.6. The molecule has 0 saturated heterocycles. The molecule has 0 aliphatic heterocycles. The van der Waals surface area contributed by atoms with Crippen LogP contribution in [0.2, 0.25) is 0 Å². The molecule has 0 unspecified atom stereocenters. The molecule has 102 valence electrons. The third-order valence-electron chi connectivity index (χ3n) is 4.14. The van der Waals surface area contributed by atoms with Gasteiger partial charge in [0.2, 0.25) is 0 Å². The molecule has 0 heterocycles. The third-order valence-corrected chi connectivity index (χ3v) is 4.14. The Hall–Kier alpha value is -1.58. The van der Waals surface area contributed by atoms with Crippen LogP contribution < -0.4 is 11.1 Å². The Morgan fingerprint density at radius 1 is 1.26 bits per heavy atom. The van der Waals surface area contributed by atoms with E-state index in [0.717, 1.165) is 11.8 Å². The van der Waals surface area contributed by atoms with E-state index >= 15 is 0 Å². The van der Waals surface area contributed by atoms with Crippen molar-refractivity contribution in [3.05, 3.63) is 29.6 Å². The summed E-state index contributed by atoms with van der Waals surface area (Å²) in [6.45, 7) is 0.713. The molecule has 3 N–H and O–H groups in total. The number of halogens is 1. The van der Waals surface area contributed by atoms with E-state index in [1.807, 2.05) is 0 Å². The highest BCUT2D eigenvalue weighted by molar-refractivity contribution is 5.95. The largest absolute Gasteiger partial charge is 0.399 e. The molecule has 1 amide bonds. The average molecular weight is 262 g/mol. The molecular weight excluding hydrogens is 243 g/mol. The number of hydrogen-bond acceptors (Lipinski definition) is 2. The van der Waals surface area contributed by atoms with E-state index in [0.29, 0.717) is 18.0 Å². The first kappa shape index (κ1) is 12.5. The zero-order valence-electron chi connectivity index (χ0n) is 10.9. The Balaban J connectivity index is 1.60. The summed E-state index contributed by atoms with van der Waals surface area (Å²) in [5.41, 5.74) is 6.14. The van der Waals surface area contributed by atoms with E-state index in [2.05, 4.69) is 5.32 Å². The predicted octanol–water partition coefficient (Wildman–Crippen LogP) is 2.57. The minimum absolute atomic E-state index is 0.225. The molecule has 2 fully saturated rings. The van der Waals surface area contributed by atoms with Crippen molar-refractivity contribution in [3.8, 4) is 0 Å². The summed E-state index contributed by atoms with van der Waals surface area (Å²) in [5.74, 6) is 1.52. The number of carbonyl (C=O) groups excluding carboxylic acids is 1. The fourth-order valence-electron chi connectivity index (χ4n) is 2.82. The maximum Gasteiger partial charge on any atom is 0.251 e. The van der Waals surface area contributed by atoms with Crippen LogP contribution in [-0.4, -0.2) is 12.5 Å². The average Bonchev–Trinajstić information content (AvgIpc) is 3.22. The zero-order chi connectivity index (χ0) is 13.4. The second-order valence-corrected chi connectivity index (χ2v) is 5.82. The van der Waals surface area contributed by atoms with E-state index < -0.39 is 5.82 Å². The summed E-state index contributed by atoms with van der Waals surface area (Å²) in [6, 6.07) is 3.96. The summed E-state index contributed by atoms with van der Waals surface area (Å²) in [7, 11) is 0. The van der Waals surface area contributed by atoms with Crippen molar-refractivity contribution in [2.24, 2.45) is 17.8 Å². The standard InChI is InChI=1S/C15H19FN2O/c16-12-5-11(6-13(17)7-12)15(19)18-8-14(9-1-2-9)10-3-4-10/h5-7,9-10,14H,1-4,8,17H2,(H,18,19). The minimum Gasteiger partial charge on any atom is -0.399 e. The highest BCUT2D eigenvalue weighted by Gasteiger charge is 2.41. The fraction of sp³-hybridized carbons (Fsp3) is 0.533. The van der Waals surface area contributed by atoms with Crippen LogP contribution in [0.5, 0.6) is 0 Å². The summed E-state index contributed by atoms with van der Waals surface area (Å²) < 4.78 is 13.2. The van der Waals surface area contributed by atoms with Crippen LogP contribution in [0.3, 0.4) is 0 Å². The van der Waals surface area contributed by atoms with E-state index in [9.17, 15) is 9.18 Å². The first-order valence-electron chi connectivity index (χ1n) is 6.98. The molecule has 0 aromatic heterocycles. The Kier molecular flexibility index (Phi) is 3.17. The first-order chi connectivity index (χ1) is 9.13. The lowest BCUT2D eigenvalue weighted by molar-refractivity contribution is 0.0943. The van der Waals surface area contributed by atoms with Crippen LogP contribution in [0.4, 0.5) is 10.1 Å². The Morgan fingerprint density at radius 3 is 2.42 bits per heavy atom. The highest BCUT2D eigenvalue weighted by atomic mass is 19.1. The van der Waals surface area contributed by atoms with Crippen molar-refractivity contribution < 1.29 is 9.18 Å². The van der Waals surface area contributed by atoms with Gasteiger partial charge in [0.1, 0.15) is 5.82 Å². The monoisotopic (exact) mass is 262 g/mol. The molecule has 19 heavy (non-hydrogen) atoms. The molecule has 2 aliphatic carbocycles. The maximum absolute atomic E-state index is 13.2. The lowest BCUT2D eigenvalue weighted by Gasteiger charge is -2.16. The minimum atomic E-state index is -0.467. The van der Waals surface area contributed by atoms with Gasteiger partial charge in [-0.3, -0.25) is 4.79 Å². The number of nitrogens with one attached hydrogen (secondary N) is 1. The summed E-state index contributed by atoms with van der Waals surface area (Å²) >= 11 is 0. The summed E-state index contributed by atoms with van der Waals surface area (Å²) in [6.07, 6.45) is 5.18. The number of nitrogens with two attached hydrogens (primary N) is 1. The molecular formula is C15H19FN2O. The maximum atomic E-state index is 13.2. The van der Waals surface area contributed by atoms with Crippen LogP contribution >= 0.6 is 0 Å². The molecule has 0 bridgehead atoms. The van der Waals surface area contributed by atoms with Crippen LogP contribution in [0.1, 0.15) is 36.0 Å². The fourth-order valence-corrected chi connectivity index (χ4v) is 2.82.